The summed E-state index contributed by atoms with van der Waals surface area (Å²) in [6.45, 7) is -0.538. The van der Waals surface area contributed by atoms with Gasteiger partial charge in [0.05, 0.1) is 12.6 Å². The van der Waals surface area contributed by atoms with Crippen LogP contribution in [0.15, 0.2) is 23.1 Å². The van der Waals surface area contributed by atoms with Gasteiger partial charge in [0.25, 0.3) is 11.8 Å². The summed E-state index contributed by atoms with van der Waals surface area (Å²) >= 11 is 0. The number of aromatic nitrogens is 1. The zero-order chi connectivity index (χ0) is 22.7. The maximum atomic E-state index is 13.8. The molecular formula is C21H18F3N3O5. The minimum Gasteiger partial charge on any atom is -0.503 e. The summed E-state index contributed by atoms with van der Waals surface area (Å²) in [7, 11) is 0. The molecule has 168 valence electrons. The van der Waals surface area contributed by atoms with E-state index in [1.807, 2.05) is 0 Å². The highest BCUT2D eigenvalue weighted by Gasteiger charge is 2.47. The molecule has 2 N–H and O–H groups in total. The summed E-state index contributed by atoms with van der Waals surface area (Å²) in [5.74, 6) is -5.93. The smallest absolute Gasteiger partial charge is 0.276 e. The number of fused-ring (bicyclic) bond motifs is 5. The summed E-state index contributed by atoms with van der Waals surface area (Å²) < 4.78 is 47.9. The van der Waals surface area contributed by atoms with E-state index >= 15 is 0 Å². The quantitative estimate of drug-likeness (QED) is 0.742. The number of nitrogens with zero attached hydrogens (tertiary/aromatic N) is 2. The first-order valence-electron chi connectivity index (χ1n) is 10.1. The second-order valence-corrected chi connectivity index (χ2v) is 8.14. The van der Waals surface area contributed by atoms with Crippen molar-refractivity contribution in [1.29, 1.82) is 0 Å². The predicted molar refractivity (Wildman–Crippen MR) is 102 cm³/mol. The number of carbonyl (C=O) groups excluding carboxylic acids is 2. The van der Waals surface area contributed by atoms with Crippen molar-refractivity contribution < 1.29 is 32.6 Å². The monoisotopic (exact) mass is 449 g/mol. The lowest BCUT2D eigenvalue weighted by atomic mass is 10.1. The third-order valence-corrected chi connectivity index (χ3v) is 6.23. The van der Waals surface area contributed by atoms with Gasteiger partial charge in [-0.1, -0.05) is 0 Å². The van der Waals surface area contributed by atoms with Gasteiger partial charge in [0.2, 0.25) is 5.43 Å². The van der Waals surface area contributed by atoms with Gasteiger partial charge in [-0.3, -0.25) is 14.4 Å². The number of nitrogens with one attached hydrogen (secondary N) is 1. The fourth-order valence-corrected chi connectivity index (χ4v) is 4.72. The van der Waals surface area contributed by atoms with Crippen LogP contribution in [0.4, 0.5) is 13.2 Å². The molecule has 2 amide bonds. The summed E-state index contributed by atoms with van der Waals surface area (Å²) in [5, 5.41) is 12.6. The maximum absolute atomic E-state index is 13.8. The van der Waals surface area contributed by atoms with Crippen molar-refractivity contribution in [2.75, 3.05) is 0 Å². The lowest BCUT2D eigenvalue weighted by Gasteiger charge is -2.44. The number of amides is 2. The first kappa shape index (κ1) is 20.6. The molecule has 2 aliphatic heterocycles. The molecule has 5 rings (SSSR count). The predicted octanol–water partition coefficient (Wildman–Crippen LogP) is 1.63. The number of benzene rings is 1. The van der Waals surface area contributed by atoms with E-state index in [-0.39, 0.29) is 24.4 Å². The Hall–Kier alpha value is -3.34. The number of pyridine rings is 1. The van der Waals surface area contributed by atoms with Crippen LogP contribution in [-0.4, -0.2) is 44.8 Å². The first-order chi connectivity index (χ1) is 15.2. The van der Waals surface area contributed by atoms with Crippen LogP contribution in [0.2, 0.25) is 0 Å². The van der Waals surface area contributed by atoms with Gasteiger partial charge in [0, 0.05) is 36.5 Å². The standard InChI is InChI=1S/C21H18F3N3O5/c22-9-3-14(23)12(15(24)4-9)6-25-20(30)13-7-26-8-16-27(10-1-2-11(5-10)32-16)21(31)17(26)19(29)18(13)28/h3-4,7,10-11,16,29H,1-2,5-6,8H2,(H,25,30)/t10-,11-,16+/m0/s1. The fourth-order valence-electron chi connectivity index (χ4n) is 4.72. The van der Waals surface area contributed by atoms with E-state index in [1.54, 1.807) is 0 Å². The summed E-state index contributed by atoms with van der Waals surface area (Å²) in [4.78, 5) is 39.7. The average Bonchev–Trinajstić information content (AvgIpc) is 3.10. The van der Waals surface area contributed by atoms with E-state index in [2.05, 4.69) is 5.32 Å². The topological polar surface area (TPSA) is 101 Å². The molecular weight excluding hydrogens is 431 g/mol. The molecule has 0 unspecified atom stereocenters. The lowest BCUT2D eigenvalue weighted by Crippen LogP contribution is -2.57. The van der Waals surface area contributed by atoms with Crippen molar-refractivity contribution in [2.24, 2.45) is 0 Å². The van der Waals surface area contributed by atoms with Gasteiger partial charge >= 0.3 is 0 Å². The van der Waals surface area contributed by atoms with E-state index in [9.17, 15) is 32.7 Å². The van der Waals surface area contributed by atoms with Crippen LogP contribution in [0.25, 0.3) is 0 Å². The Bertz CT molecular complexity index is 1190. The molecule has 2 bridgehead atoms. The second-order valence-electron chi connectivity index (χ2n) is 8.14. The van der Waals surface area contributed by atoms with Gasteiger partial charge in [-0.15, -0.1) is 0 Å². The molecule has 32 heavy (non-hydrogen) atoms. The Balaban J connectivity index is 1.44. The van der Waals surface area contributed by atoms with Crippen molar-refractivity contribution in [3.8, 4) is 5.75 Å². The van der Waals surface area contributed by atoms with Crippen molar-refractivity contribution in [3.63, 3.8) is 0 Å². The van der Waals surface area contributed by atoms with E-state index in [1.165, 1.54) is 9.47 Å². The molecule has 1 saturated carbocycles. The number of hydrogen-bond donors (Lipinski definition) is 2. The largest absolute Gasteiger partial charge is 0.503 e. The number of ether oxygens (including phenoxy) is 1. The molecule has 1 aliphatic carbocycles. The molecule has 3 aliphatic rings. The Morgan fingerprint density at radius 3 is 2.62 bits per heavy atom. The molecule has 1 aromatic heterocycles. The molecule has 2 aromatic rings. The summed E-state index contributed by atoms with van der Waals surface area (Å²) in [5.41, 5.74) is -2.40. The van der Waals surface area contributed by atoms with E-state index in [4.69, 9.17) is 4.74 Å². The highest BCUT2D eigenvalue weighted by molar-refractivity contribution is 5.99. The Labute approximate surface area is 179 Å². The van der Waals surface area contributed by atoms with E-state index in [0.29, 0.717) is 18.6 Å². The van der Waals surface area contributed by atoms with Crippen LogP contribution in [0.3, 0.4) is 0 Å². The fraction of sp³-hybridized carbons (Fsp3) is 0.381. The molecule has 0 spiro atoms. The first-order valence-corrected chi connectivity index (χ1v) is 10.1. The van der Waals surface area contributed by atoms with Crippen molar-refractivity contribution in [2.45, 2.75) is 50.7 Å². The van der Waals surface area contributed by atoms with Crippen LogP contribution < -0.4 is 10.7 Å². The lowest BCUT2D eigenvalue weighted by molar-refractivity contribution is -0.132. The van der Waals surface area contributed by atoms with Gasteiger partial charge in [-0.2, -0.15) is 0 Å². The minimum atomic E-state index is -1.19. The Kier molecular flexibility index (Phi) is 4.73. The Morgan fingerprint density at radius 1 is 1.19 bits per heavy atom. The van der Waals surface area contributed by atoms with Crippen LogP contribution in [0.5, 0.6) is 5.75 Å². The number of halogens is 3. The zero-order valence-electron chi connectivity index (χ0n) is 16.6. The number of hydrogen-bond acceptors (Lipinski definition) is 5. The molecule has 0 radical (unpaired) electrons. The maximum Gasteiger partial charge on any atom is 0.276 e. The van der Waals surface area contributed by atoms with Crippen LogP contribution >= 0.6 is 0 Å². The number of aromatic hydroxyl groups is 1. The van der Waals surface area contributed by atoms with Crippen LogP contribution in [0, 0.1) is 17.5 Å². The average molecular weight is 449 g/mol. The van der Waals surface area contributed by atoms with E-state index in [0.717, 1.165) is 19.0 Å². The van der Waals surface area contributed by atoms with Gasteiger partial charge in [0.1, 0.15) is 23.0 Å². The van der Waals surface area contributed by atoms with Gasteiger partial charge in [-0.25, -0.2) is 13.2 Å². The van der Waals surface area contributed by atoms with Crippen LogP contribution in [-0.2, 0) is 17.8 Å². The normalized spacial score (nSPS) is 23.7. The molecule has 1 saturated heterocycles. The highest BCUT2D eigenvalue weighted by Crippen LogP contribution is 2.38. The molecule has 2 fully saturated rings. The molecule has 8 nitrogen and oxygen atoms in total. The number of carbonyl (C=O) groups is 2. The van der Waals surface area contributed by atoms with Crippen LogP contribution in [0.1, 0.15) is 45.7 Å². The van der Waals surface area contributed by atoms with Crippen molar-refractivity contribution in [3.05, 3.63) is 62.8 Å². The molecule has 1 aromatic carbocycles. The summed E-state index contributed by atoms with van der Waals surface area (Å²) in [6, 6.07) is 0.912. The molecule has 3 heterocycles. The number of rotatable bonds is 3. The minimum absolute atomic E-state index is 0.0296. The molecule has 11 heteroatoms. The van der Waals surface area contributed by atoms with Gasteiger partial charge in [0.15, 0.2) is 17.7 Å². The zero-order valence-corrected chi connectivity index (χ0v) is 16.6. The Morgan fingerprint density at radius 2 is 1.91 bits per heavy atom. The van der Waals surface area contributed by atoms with Gasteiger partial charge < -0.3 is 24.6 Å². The SMILES string of the molecule is O=C(NCc1c(F)cc(F)cc1F)c1cn2c(c(O)c1=O)C(=O)N1[C@H]3CC[C@@H](C3)O[C@@H]1C2. The third kappa shape index (κ3) is 3.15. The summed E-state index contributed by atoms with van der Waals surface area (Å²) in [6.07, 6.45) is 2.86. The second kappa shape index (κ2) is 7.37. The highest BCUT2D eigenvalue weighted by atomic mass is 19.1. The van der Waals surface area contributed by atoms with Crippen molar-refractivity contribution in [1.82, 2.24) is 14.8 Å². The van der Waals surface area contributed by atoms with Crippen molar-refractivity contribution >= 4 is 11.8 Å². The third-order valence-electron chi connectivity index (χ3n) is 6.23. The van der Waals surface area contributed by atoms with E-state index < -0.39 is 64.3 Å². The van der Waals surface area contributed by atoms with Gasteiger partial charge in [-0.05, 0) is 19.3 Å². The molecule has 3 atom stereocenters.